The molecule has 1 aromatic rings. The summed E-state index contributed by atoms with van der Waals surface area (Å²) in [6.45, 7) is 2.07. The van der Waals surface area contributed by atoms with E-state index in [1.807, 2.05) is 0 Å². The number of ether oxygens (including phenoxy) is 1. The molecular weight excluding hydrogens is 357 g/mol. The standard InChI is InChI=1S/C15H17F7N2O/c16-11-9-10(1-2-13(11)25-15(20,21)22)12(3-4-14(17,18)19)24-7-5-23-6-8-24/h1-2,9,12,23H,3-8H2/t12-/m0/s1. The predicted molar refractivity (Wildman–Crippen MR) is 75.6 cm³/mol. The fraction of sp³-hybridized carbons (Fsp3) is 0.600. The average molecular weight is 374 g/mol. The monoisotopic (exact) mass is 374 g/mol. The molecule has 142 valence electrons. The second-order valence-electron chi connectivity index (χ2n) is 5.69. The topological polar surface area (TPSA) is 24.5 Å². The van der Waals surface area contributed by atoms with E-state index in [0.717, 1.165) is 12.1 Å². The van der Waals surface area contributed by atoms with Crippen molar-refractivity contribution in [3.05, 3.63) is 29.6 Å². The zero-order valence-corrected chi connectivity index (χ0v) is 13.1. The summed E-state index contributed by atoms with van der Waals surface area (Å²) in [6.07, 6.45) is -10.8. The molecule has 1 aliphatic heterocycles. The van der Waals surface area contributed by atoms with Crippen molar-refractivity contribution in [3.8, 4) is 5.75 Å². The summed E-state index contributed by atoms with van der Waals surface area (Å²) in [5, 5.41) is 3.06. The van der Waals surface area contributed by atoms with Crippen LogP contribution in [0.5, 0.6) is 5.75 Å². The molecule has 1 atom stereocenters. The van der Waals surface area contributed by atoms with E-state index in [2.05, 4.69) is 10.1 Å². The van der Waals surface area contributed by atoms with Crippen molar-refractivity contribution >= 4 is 0 Å². The minimum Gasteiger partial charge on any atom is -0.403 e. The van der Waals surface area contributed by atoms with E-state index < -0.39 is 36.6 Å². The molecule has 25 heavy (non-hydrogen) atoms. The van der Waals surface area contributed by atoms with E-state index in [9.17, 15) is 30.7 Å². The molecule has 0 amide bonds. The molecule has 0 saturated carbocycles. The first-order valence-electron chi connectivity index (χ1n) is 7.62. The zero-order chi connectivity index (χ0) is 18.7. The maximum Gasteiger partial charge on any atom is 0.573 e. The van der Waals surface area contributed by atoms with Crippen LogP contribution in [-0.4, -0.2) is 43.6 Å². The highest BCUT2D eigenvalue weighted by atomic mass is 19.4. The van der Waals surface area contributed by atoms with E-state index in [0.29, 0.717) is 26.2 Å². The van der Waals surface area contributed by atoms with Crippen molar-refractivity contribution in [2.24, 2.45) is 0 Å². The van der Waals surface area contributed by atoms with Gasteiger partial charge in [0, 0.05) is 38.6 Å². The summed E-state index contributed by atoms with van der Waals surface area (Å²) in [5.41, 5.74) is 0.193. The van der Waals surface area contributed by atoms with E-state index in [-0.39, 0.29) is 12.0 Å². The van der Waals surface area contributed by atoms with Crippen LogP contribution in [0, 0.1) is 5.82 Å². The second-order valence-corrected chi connectivity index (χ2v) is 5.69. The van der Waals surface area contributed by atoms with Gasteiger partial charge in [0.2, 0.25) is 0 Å². The van der Waals surface area contributed by atoms with Crippen LogP contribution >= 0.6 is 0 Å². The Balaban J connectivity index is 2.21. The van der Waals surface area contributed by atoms with Crippen molar-refractivity contribution < 1.29 is 35.5 Å². The third-order valence-corrected chi connectivity index (χ3v) is 3.86. The first-order chi connectivity index (χ1) is 11.6. The van der Waals surface area contributed by atoms with Crippen LogP contribution in [0.1, 0.15) is 24.4 Å². The molecule has 0 spiro atoms. The summed E-state index contributed by atoms with van der Waals surface area (Å²) in [4.78, 5) is 1.77. The Bertz CT molecular complexity index is 568. The van der Waals surface area contributed by atoms with Crippen LogP contribution in [-0.2, 0) is 0 Å². The van der Waals surface area contributed by atoms with E-state index in [4.69, 9.17) is 0 Å². The number of rotatable bonds is 5. The first kappa shape index (κ1) is 19.8. The normalized spacial score (nSPS) is 18.2. The molecule has 0 bridgehead atoms. The van der Waals surface area contributed by atoms with Gasteiger partial charge >= 0.3 is 12.5 Å². The van der Waals surface area contributed by atoms with Gasteiger partial charge in [-0.1, -0.05) is 6.07 Å². The first-order valence-corrected chi connectivity index (χ1v) is 7.62. The molecule has 2 rings (SSSR count). The van der Waals surface area contributed by atoms with E-state index in [1.165, 1.54) is 6.07 Å². The average Bonchev–Trinajstić information content (AvgIpc) is 2.49. The quantitative estimate of drug-likeness (QED) is 0.789. The summed E-state index contributed by atoms with van der Waals surface area (Å²) in [6, 6.07) is 2.04. The number of halogens is 7. The molecule has 1 heterocycles. The predicted octanol–water partition coefficient (Wildman–Crippen LogP) is 4.01. The van der Waals surface area contributed by atoms with Crippen molar-refractivity contribution in [2.45, 2.75) is 31.4 Å². The number of alkyl halides is 6. The molecule has 1 fully saturated rings. The zero-order valence-electron chi connectivity index (χ0n) is 13.1. The molecule has 1 N–H and O–H groups in total. The van der Waals surface area contributed by atoms with Gasteiger partial charge < -0.3 is 10.1 Å². The van der Waals surface area contributed by atoms with Crippen molar-refractivity contribution in [1.29, 1.82) is 0 Å². The fourth-order valence-electron chi connectivity index (χ4n) is 2.79. The van der Waals surface area contributed by atoms with Crippen molar-refractivity contribution in [1.82, 2.24) is 10.2 Å². The Labute approximate surface area is 139 Å². The lowest BCUT2D eigenvalue weighted by molar-refractivity contribution is -0.275. The van der Waals surface area contributed by atoms with Gasteiger partial charge in [0.15, 0.2) is 11.6 Å². The molecule has 1 saturated heterocycles. The van der Waals surface area contributed by atoms with Crippen molar-refractivity contribution in [3.63, 3.8) is 0 Å². The van der Waals surface area contributed by atoms with Gasteiger partial charge in [-0.2, -0.15) is 13.2 Å². The maximum atomic E-state index is 13.9. The van der Waals surface area contributed by atoms with Gasteiger partial charge in [-0.25, -0.2) is 4.39 Å². The molecule has 10 heteroatoms. The Morgan fingerprint density at radius 3 is 2.24 bits per heavy atom. The summed E-state index contributed by atoms with van der Waals surface area (Å²) in [5.74, 6) is -2.27. The number of nitrogens with one attached hydrogen (secondary N) is 1. The lowest BCUT2D eigenvalue weighted by Gasteiger charge is -2.35. The number of nitrogens with zero attached hydrogens (tertiary/aromatic N) is 1. The number of benzene rings is 1. The Kier molecular flexibility index (Phi) is 6.15. The van der Waals surface area contributed by atoms with Crippen LogP contribution in [0.4, 0.5) is 30.7 Å². The number of hydrogen-bond donors (Lipinski definition) is 1. The number of hydrogen-bond acceptors (Lipinski definition) is 3. The van der Waals surface area contributed by atoms with Gasteiger partial charge in [-0.15, -0.1) is 13.2 Å². The van der Waals surface area contributed by atoms with Gasteiger partial charge in [-0.05, 0) is 24.1 Å². The molecule has 0 aromatic heterocycles. The molecule has 0 aliphatic carbocycles. The fourth-order valence-corrected chi connectivity index (χ4v) is 2.79. The van der Waals surface area contributed by atoms with Crippen LogP contribution < -0.4 is 10.1 Å². The summed E-state index contributed by atoms with van der Waals surface area (Å²) >= 11 is 0. The SMILES string of the molecule is Fc1cc([C@H](CCC(F)(F)F)N2CCNCC2)ccc1OC(F)(F)F. The van der Waals surface area contributed by atoms with E-state index in [1.54, 1.807) is 4.90 Å². The second kappa shape index (κ2) is 7.77. The van der Waals surface area contributed by atoms with Gasteiger partial charge in [-0.3, -0.25) is 4.90 Å². The number of piperazine rings is 1. The molecule has 1 aliphatic rings. The highest BCUT2D eigenvalue weighted by Crippen LogP contribution is 2.34. The molecule has 0 radical (unpaired) electrons. The summed E-state index contributed by atoms with van der Waals surface area (Å²) < 4.78 is 91.8. The molecular formula is C15H17F7N2O. The Morgan fingerprint density at radius 2 is 1.72 bits per heavy atom. The van der Waals surface area contributed by atoms with Gasteiger partial charge in [0.05, 0.1) is 0 Å². The van der Waals surface area contributed by atoms with Crippen LogP contribution in [0.15, 0.2) is 18.2 Å². The van der Waals surface area contributed by atoms with Crippen LogP contribution in [0.25, 0.3) is 0 Å². The largest absolute Gasteiger partial charge is 0.573 e. The molecule has 0 unspecified atom stereocenters. The van der Waals surface area contributed by atoms with Gasteiger partial charge in [0.25, 0.3) is 0 Å². The van der Waals surface area contributed by atoms with Crippen molar-refractivity contribution in [2.75, 3.05) is 26.2 Å². The molecule has 3 nitrogen and oxygen atoms in total. The van der Waals surface area contributed by atoms with Gasteiger partial charge in [0.1, 0.15) is 0 Å². The Hall–Kier alpha value is -1.55. The smallest absolute Gasteiger partial charge is 0.403 e. The third-order valence-electron chi connectivity index (χ3n) is 3.86. The molecule has 1 aromatic carbocycles. The Morgan fingerprint density at radius 1 is 1.08 bits per heavy atom. The van der Waals surface area contributed by atoms with Crippen LogP contribution in [0.2, 0.25) is 0 Å². The lowest BCUT2D eigenvalue weighted by Crippen LogP contribution is -2.45. The van der Waals surface area contributed by atoms with Crippen LogP contribution in [0.3, 0.4) is 0 Å². The van der Waals surface area contributed by atoms with E-state index >= 15 is 0 Å². The minimum atomic E-state index is -5.05. The minimum absolute atomic E-state index is 0.193. The summed E-state index contributed by atoms with van der Waals surface area (Å²) in [7, 11) is 0. The highest BCUT2D eigenvalue weighted by Gasteiger charge is 2.34. The third kappa shape index (κ3) is 6.35. The lowest BCUT2D eigenvalue weighted by atomic mass is 9.99. The maximum absolute atomic E-state index is 13.9. The highest BCUT2D eigenvalue weighted by molar-refractivity contribution is 5.31.